The summed E-state index contributed by atoms with van der Waals surface area (Å²) in [6, 6.07) is 6.62. The fraction of sp³-hybridized carbons (Fsp3) is 0.500. The van der Waals surface area contributed by atoms with Gasteiger partial charge in [-0.3, -0.25) is 0 Å². The minimum absolute atomic E-state index is 0.301. The van der Waals surface area contributed by atoms with Crippen LogP contribution in [-0.4, -0.2) is 13.2 Å². The third-order valence-corrected chi connectivity index (χ3v) is 3.23. The average molecular weight is 191 g/mol. The molecule has 0 saturated heterocycles. The highest BCUT2D eigenvalue weighted by molar-refractivity contribution is 5.40. The average Bonchev–Trinajstić information content (AvgIpc) is 2.23. The summed E-state index contributed by atoms with van der Waals surface area (Å²) >= 11 is 0. The van der Waals surface area contributed by atoms with Gasteiger partial charge in [-0.25, -0.2) is 0 Å². The van der Waals surface area contributed by atoms with Crippen molar-refractivity contribution in [1.29, 1.82) is 0 Å². The van der Waals surface area contributed by atoms with Gasteiger partial charge in [-0.2, -0.15) is 0 Å². The third-order valence-electron chi connectivity index (χ3n) is 3.23. The van der Waals surface area contributed by atoms with E-state index in [0.29, 0.717) is 12.0 Å². The van der Waals surface area contributed by atoms with Gasteiger partial charge in [0.05, 0.1) is 7.11 Å². The first-order valence-corrected chi connectivity index (χ1v) is 5.14. The first-order valence-electron chi connectivity index (χ1n) is 5.14. The molecule has 2 heteroatoms. The molecule has 1 aliphatic rings. The van der Waals surface area contributed by atoms with Gasteiger partial charge in [0.2, 0.25) is 0 Å². The highest BCUT2D eigenvalue weighted by Gasteiger charge is 2.23. The van der Waals surface area contributed by atoms with Crippen LogP contribution >= 0.6 is 0 Å². The van der Waals surface area contributed by atoms with Crippen molar-refractivity contribution in [1.82, 2.24) is 0 Å². The SMILES string of the molecule is COc1ccc2c(c1)C(C)C(N)CC2. The summed E-state index contributed by atoms with van der Waals surface area (Å²) < 4.78 is 5.22. The predicted molar refractivity (Wildman–Crippen MR) is 57.7 cm³/mol. The third kappa shape index (κ3) is 1.50. The second-order valence-corrected chi connectivity index (χ2v) is 4.06. The van der Waals surface area contributed by atoms with Gasteiger partial charge in [0.15, 0.2) is 0 Å². The first-order chi connectivity index (χ1) is 6.72. The van der Waals surface area contributed by atoms with Gasteiger partial charge in [0, 0.05) is 6.04 Å². The van der Waals surface area contributed by atoms with Gasteiger partial charge in [-0.05, 0) is 42.0 Å². The topological polar surface area (TPSA) is 35.2 Å². The molecule has 0 heterocycles. The minimum Gasteiger partial charge on any atom is -0.497 e. The number of ether oxygens (including phenoxy) is 1. The lowest BCUT2D eigenvalue weighted by Crippen LogP contribution is -2.31. The predicted octanol–water partition coefficient (Wildman–Crippen LogP) is 2.07. The summed E-state index contributed by atoms with van der Waals surface area (Å²) in [6.07, 6.45) is 2.20. The molecule has 0 amide bonds. The van der Waals surface area contributed by atoms with Crippen LogP contribution in [0, 0.1) is 0 Å². The normalized spacial score (nSPS) is 25.6. The molecule has 0 bridgehead atoms. The van der Waals surface area contributed by atoms with Crippen molar-refractivity contribution in [3.63, 3.8) is 0 Å². The van der Waals surface area contributed by atoms with E-state index in [1.54, 1.807) is 7.11 Å². The Morgan fingerprint density at radius 3 is 2.93 bits per heavy atom. The van der Waals surface area contributed by atoms with Crippen LogP contribution in [0.4, 0.5) is 0 Å². The molecule has 0 aliphatic heterocycles. The van der Waals surface area contributed by atoms with Crippen LogP contribution in [-0.2, 0) is 6.42 Å². The molecule has 0 saturated carbocycles. The standard InChI is InChI=1S/C12H17NO/c1-8-11-7-10(14-2)5-3-9(11)4-6-12(8)13/h3,5,7-8,12H,4,6,13H2,1-2H3. The quantitative estimate of drug-likeness (QED) is 0.737. The second kappa shape index (κ2) is 3.62. The number of hydrogen-bond donors (Lipinski definition) is 1. The Balaban J connectivity index is 2.41. The van der Waals surface area contributed by atoms with E-state index in [1.807, 2.05) is 6.07 Å². The zero-order valence-electron chi connectivity index (χ0n) is 8.79. The summed E-state index contributed by atoms with van der Waals surface area (Å²) in [5.74, 6) is 1.39. The Kier molecular flexibility index (Phi) is 2.46. The number of fused-ring (bicyclic) bond motifs is 1. The van der Waals surface area contributed by atoms with Crippen LogP contribution in [0.15, 0.2) is 18.2 Å². The maximum Gasteiger partial charge on any atom is 0.119 e. The smallest absolute Gasteiger partial charge is 0.119 e. The van der Waals surface area contributed by atoms with Gasteiger partial charge in [-0.15, -0.1) is 0 Å². The van der Waals surface area contributed by atoms with Gasteiger partial charge >= 0.3 is 0 Å². The zero-order valence-corrected chi connectivity index (χ0v) is 8.79. The first kappa shape index (κ1) is 9.53. The maximum atomic E-state index is 6.04. The largest absolute Gasteiger partial charge is 0.497 e. The summed E-state index contributed by atoms with van der Waals surface area (Å²) in [5, 5.41) is 0. The lowest BCUT2D eigenvalue weighted by atomic mass is 9.81. The minimum atomic E-state index is 0.301. The molecular weight excluding hydrogens is 174 g/mol. The van der Waals surface area contributed by atoms with E-state index in [0.717, 1.165) is 18.6 Å². The monoisotopic (exact) mass is 191 g/mol. The molecule has 14 heavy (non-hydrogen) atoms. The molecule has 0 radical (unpaired) electrons. The van der Waals surface area contributed by atoms with E-state index in [2.05, 4.69) is 19.1 Å². The zero-order chi connectivity index (χ0) is 10.1. The molecule has 2 N–H and O–H groups in total. The van der Waals surface area contributed by atoms with Gasteiger partial charge in [-0.1, -0.05) is 13.0 Å². The van der Waals surface area contributed by atoms with Gasteiger partial charge < -0.3 is 10.5 Å². The van der Waals surface area contributed by atoms with E-state index in [-0.39, 0.29) is 0 Å². The van der Waals surface area contributed by atoms with E-state index in [9.17, 15) is 0 Å². The van der Waals surface area contributed by atoms with Crippen LogP contribution in [0.2, 0.25) is 0 Å². The lowest BCUT2D eigenvalue weighted by Gasteiger charge is -2.28. The molecule has 1 aromatic rings. The van der Waals surface area contributed by atoms with Gasteiger partial charge in [0.1, 0.15) is 5.75 Å². The van der Waals surface area contributed by atoms with Crippen LogP contribution in [0.25, 0.3) is 0 Å². The molecule has 2 unspecified atom stereocenters. The summed E-state index contributed by atoms with van der Waals surface area (Å²) in [4.78, 5) is 0. The maximum absolute atomic E-state index is 6.04. The number of rotatable bonds is 1. The molecule has 2 nitrogen and oxygen atoms in total. The Hall–Kier alpha value is -1.02. The Morgan fingerprint density at radius 2 is 2.21 bits per heavy atom. The fourth-order valence-corrected chi connectivity index (χ4v) is 2.15. The van der Waals surface area contributed by atoms with Crippen LogP contribution in [0.1, 0.15) is 30.4 Å². The molecule has 2 atom stereocenters. The van der Waals surface area contributed by atoms with Crippen LogP contribution in [0.5, 0.6) is 5.75 Å². The summed E-state index contributed by atoms with van der Waals surface area (Å²) in [5.41, 5.74) is 8.84. The molecule has 0 fully saturated rings. The van der Waals surface area contributed by atoms with Crippen molar-refractivity contribution in [2.75, 3.05) is 7.11 Å². The molecule has 76 valence electrons. The molecule has 1 aromatic carbocycles. The lowest BCUT2D eigenvalue weighted by molar-refractivity contribution is 0.411. The summed E-state index contributed by atoms with van der Waals surface area (Å²) in [7, 11) is 1.70. The molecule has 0 aromatic heterocycles. The van der Waals surface area contributed by atoms with Crippen molar-refractivity contribution in [3.8, 4) is 5.75 Å². The Labute approximate surface area is 85.1 Å². The Morgan fingerprint density at radius 1 is 1.43 bits per heavy atom. The number of hydrogen-bond acceptors (Lipinski definition) is 2. The van der Waals surface area contributed by atoms with E-state index >= 15 is 0 Å². The van der Waals surface area contributed by atoms with E-state index < -0.39 is 0 Å². The van der Waals surface area contributed by atoms with Crippen molar-refractivity contribution in [3.05, 3.63) is 29.3 Å². The van der Waals surface area contributed by atoms with E-state index in [4.69, 9.17) is 10.5 Å². The van der Waals surface area contributed by atoms with E-state index in [1.165, 1.54) is 11.1 Å². The molecule has 0 spiro atoms. The number of methoxy groups -OCH3 is 1. The summed E-state index contributed by atoms with van der Waals surface area (Å²) in [6.45, 7) is 2.20. The van der Waals surface area contributed by atoms with Crippen molar-refractivity contribution >= 4 is 0 Å². The number of aryl methyl sites for hydroxylation is 1. The van der Waals surface area contributed by atoms with Crippen LogP contribution < -0.4 is 10.5 Å². The highest BCUT2D eigenvalue weighted by atomic mass is 16.5. The highest BCUT2D eigenvalue weighted by Crippen LogP contribution is 2.32. The fourth-order valence-electron chi connectivity index (χ4n) is 2.15. The Bertz CT molecular complexity index is 335. The molecule has 2 rings (SSSR count). The van der Waals surface area contributed by atoms with Crippen LogP contribution in [0.3, 0.4) is 0 Å². The molecule has 1 aliphatic carbocycles. The van der Waals surface area contributed by atoms with Crippen molar-refractivity contribution in [2.45, 2.75) is 31.7 Å². The number of nitrogens with two attached hydrogens (primary N) is 1. The number of benzene rings is 1. The second-order valence-electron chi connectivity index (χ2n) is 4.06. The van der Waals surface area contributed by atoms with Crippen molar-refractivity contribution in [2.24, 2.45) is 5.73 Å². The van der Waals surface area contributed by atoms with Crippen molar-refractivity contribution < 1.29 is 4.74 Å². The molecular formula is C12H17NO. The van der Waals surface area contributed by atoms with Gasteiger partial charge in [0.25, 0.3) is 0 Å².